The van der Waals surface area contributed by atoms with Crippen LogP contribution in [0.15, 0.2) is 89.7 Å². The number of anilines is 2. The molecule has 0 radical (unpaired) electrons. The Balaban J connectivity index is 1.19. The van der Waals surface area contributed by atoms with E-state index in [-0.39, 0.29) is 23.6 Å². The summed E-state index contributed by atoms with van der Waals surface area (Å²) >= 11 is 0. The number of hydrogen-bond donors (Lipinski definition) is 1. The zero-order chi connectivity index (χ0) is 28.5. The van der Waals surface area contributed by atoms with Crippen molar-refractivity contribution in [2.24, 2.45) is 5.92 Å². The highest BCUT2D eigenvalue weighted by molar-refractivity contribution is 5.81. The van der Waals surface area contributed by atoms with Gasteiger partial charge in [-0.25, -0.2) is 8.78 Å². The summed E-state index contributed by atoms with van der Waals surface area (Å²) < 4.78 is 39.3. The van der Waals surface area contributed by atoms with Crippen LogP contribution in [0.2, 0.25) is 0 Å². The molecule has 0 spiro atoms. The van der Waals surface area contributed by atoms with Crippen LogP contribution in [-0.2, 0) is 9.53 Å². The Hall–Kier alpha value is -4.85. The van der Waals surface area contributed by atoms with Crippen LogP contribution in [0, 0.1) is 24.5 Å². The molecule has 6 nitrogen and oxygen atoms in total. The lowest BCUT2D eigenvalue weighted by Crippen LogP contribution is -2.10. The molecule has 1 atom stereocenters. The Kier molecular flexibility index (Phi) is 7.05. The van der Waals surface area contributed by atoms with Gasteiger partial charge in [-0.2, -0.15) is 0 Å². The van der Waals surface area contributed by atoms with E-state index >= 15 is 0 Å². The third-order valence-electron chi connectivity index (χ3n) is 7.17. The molecule has 1 N–H and O–H groups in total. The third-order valence-corrected chi connectivity index (χ3v) is 7.17. The monoisotopic (exact) mass is 551 g/mol. The Labute approximate surface area is 236 Å². The molecule has 1 unspecified atom stereocenters. The van der Waals surface area contributed by atoms with Crippen molar-refractivity contribution in [1.82, 2.24) is 10.1 Å². The van der Waals surface area contributed by atoms with E-state index in [1.54, 1.807) is 12.3 Å². The average molecular weight is 552 g/mol. The van der Waals surface area contributed by atoms with Crippen LogP contribution in [0.4, 0.5) is 20.2 Å². The van der Waals surface area contributed by atoms with Gasteiger partial charge in [-0.15, -0.1) is 0 Å². The molecule has 8 heteroatoms. The number of aryl methyl sites for hydroxylation is 1. The zero-order valence-electron chi connectivity index (χ0n) is 22.5. The van der Waals surface area contributed by atoms with Crippen molar-refractivity contribution in [3.8, 4) is 33.6 Å². The molecule has 1 aliphatic carbocycles. The molecule has 3 aromatic carbocycles. The third kappa shape index (κ3) is 5.72. The largest absolute Gasteiger partial charge is 0.458 e. The van der Waals surface area contributed by atoms with Crippen LogP contribution >= 0.6 is 0 Å². The zero-order valence-corrected chi connectivity index (χ0v) is 22.5. The first kappa shape index (κ1) is 26.4. The highest BCUT2D eigenvalue weighted by Gasteiger charge is 2.32. The summed E-state index contributed by atoms with van der Waals surface area (Å²) in [6.45, 7) is 3.71. The van der Waals surface area contributed by atoms with Gasteiger partial charge in [0.15, 0.2) is 5.76 Å². The summed E-state index contributed by atoms with van der Waals surface area (Å²) in [6.07, 6.45) is 4.64. The number of aromatic nitrogens is 2. The van der Waals surface area contributed by atoms with Gasteiger partial charge in [-0.05, 0) is 67.6 Å². The minimum Gasteiger partial charge on any atom is -0.458 e. The molecule has 1 fully saturated rings. The number of esters is 1. The normalized spacial score (nSPS) is 13.6. The average Bonchev–Trinajstić information content (AvgIpc) is 3.79. The fraction of sp³-hybridized carbons (Fsp3) is 0.182. The van der Waals surface area contributed by atoms with Gasteiger partial charge in [0, 0.05) is 22.9 Å². The van der Waals surface area contributed by atoms with Crippen molar-refractivity contribution in [2.45, 2.75) is 32.8 Å². The maximum absolute atomic E-state index is 14.3. The van der Waals surface area contributed by atoms with E-state index in [1.165, 1.54) is 6.20 Å². The summed E-state index contributed by atoms with van der Waals surface area (Å²) in [6, 6.07) is 20.9. The topological polar surface area (TPSA) is 77.2 Å². The number of ether oxygens (including phenoxy) is 1. The lowest BCUT2D eigenvalue weighted by atomic mass is 10.00. The SMILES string of the molecule is Cc1noc(-c2ccc(-c3ccc(C(C)OC(=O)C4CC4)cc3)cc2)c1Nc1cncc(-c2cc(F)ccc2F)c1. The minimum absolute atomic E-state index is 0.0748. The van der Waals surface area contributed by atoms with Gasteiger partial charge < -0.3 is 14.6 Å². The van der Waals surface area contributed by atoms with Crippen LogP contribution in [0.5, 0.6) is 0 Å². The van der Waals surface area contributed by atoms with Crippen LogP contribution in [0.1, 0.15) is 37.1 Å². The van der Waals surface area contributed by atoms with Crippen molar-refractivity contribution in [3.63, 3.8) is 0 Å². The van der Waals surface area contributed by atoms with Gasteiger partial charge in [-0.1, -0.05) is 53.7 Å². The Morgan fingerprint density at radius 2 is 1.61 bits per heavy atom. The number of nitrogens with one attached hydrogen (secondary N) is 1. The van der Waals surface area contributed by atoms with Crippen molar-refractivity contribution < 1.29 is 22.8 Å². The van der Waals surface area contributed by atoms with E-state index in [4.69, 9.17) is 9.26 Å². The molecule has 0 bridgehead atoms. The summed E-state index contributed by atoms with van der Waals surface area (Å²) in [5, 5.41) is 7.41. The molecule has 0 amide bonds. The maximum Gasteiger partial charge on any atom is 0.309 e. The van der Waals surface area contributed by atoms with E-state index in [9.17, 15) is 13.6 Å². The number of benzene rings is 3. The van der Waals surface area contributed by atoms with Crippen LogP contribution in [0.25, 0.3) is 33.6 Å². The molecule has 5 aromatic rings. The lowest BCUT2D eigenvalue weighted by molar-refractivity contribution is -0.150. The first-order valence-electron chi connectivity index (χ1n) is 13.4. The van der Waals surface area contributed by atoms with Crippen molar-refractivity contribution >= 4 is 17.3 Å². The number of rotatable bonds is 8. The number of carbonyl (C=O) groups is 1. The van der Waals surface area contributed by atoms with E-state index in [0.29, 0.717) is 28.4 Å². The molecule has 206 valence electrons. The van der Waals surface area contributed by atoms with Gasteiger partial charge in [-0.3, -0.25) is 9.78 Å². The first-order valence-corrected chi connectivity index (χ1v) is 13.4. The quantitative estimate of drug-likeness (QED) is 0.195. The van der Waals surface area contributed by atoms with E-state index in [0.717, 1.165) is 53.3 Å². The van der Waals surface area contributed by atoms with E-state index in [2.05, 4.69) is 15.5 Å². The summed E-state index contributed by atoms with van der Waals surface area (Å²) in [5.41, 5.74) is 6.24. The Morgan fingerprint density at radius 1 is 0.927 bits per heavy atom. The number of nitrogens with zero attached hydrogens (tertiary/aromatic N) is 2. The molecule has 0 aliphatic heterocycles. The van der Waals surface area contributed by atoms with Crippen molar-refractivity contribution in [3.05, 3.63) is 108 Å². The predicted octanol–water partition coefficient (Wildman–Crippen LogP) is 8.42. The summed E-state index contributed by atoms with van der Waals surface area (Å²) in [4.78, 5) is 16.2. The number of carbonyl (C=O) groups excluding carboxylic acids is 1. The molecule has 1 aliphatic rings. The van der Waals surface area contributed by atoms with Gasteiger partial charge >= 0.3 is 5.97 Å². The Bertz CT molecular complexity index is 1710. The summed E-state index contributed by atoms with van der Waals surface area (Å²) in [7, 11) is 0. The maximum atomic E-state index is 14.3. The number of halogens is 2. The van der Waals surface area contributed by atoms with Gasteiger partial charge in [0.25, 0.3) is 0 Å². The Morgan fingerprint density at radius 3 is 2.32 bits per heavy atom. The molecule has 0 saturated heterocycles. The van der Waals surface area contributed by atoms with Gasteiger partial charge in [0.2, 0.25) is 0 Å². The molecular formula is C33H27F2N3O3. The van der Waals surface area contributed by atoms with Crippen LogP contribution in [-0.4, -0.2) is 16.1 Å². The smallest absolute Gasteiger partial charge is 0.309 e. The van der Waals surface area contributed by atoms with Crippen LogP contribution in [0.3, 0.4) is 0 Å². The van der Waals surface area contributed by atoms with E-state index in [1.807, 2.05) is 62.4 Å². The fourth-order valence-corrected chi connectivity index (χ4v) is 4.65. The molecular weight excluding hydrogens is 524 g/mol. The molecule has 1 saturated carbocycles. The van der Waals surface area contributed by atoms with Gasteiger partial charge in [0.05, 0.1) is 17.8 Å². The highest BCUT2D eigenvalue weighted by Crippen LogP contribution is 2.36. The predicted molar refractivity (Wildman–Crippen MR) is 152 cm³/mol. The minimum atomic E-state index is -0.534. The molecule has 2 aromatic heterocycles. The number of pyridine rings is 1. The van der Waals surface area contributed by atoms with Crippen LogP contribution < -0.4 is 5.32 Å². The molecule has 6 rings (SSSR count). The fourth-order valence-electron chi connectivity index (χ4n) is 4.65. The van der Waals surface area contributed by atoms with Crippen molar-refractivity contribution in [2.75, 3.05) is 5.32 Å². The second-order valence-corrected chi connectivity index (χ2v) is 10.2. The van der Waals surface area contributed by atoms with Crippen molar-refractivity contribution in [1.29, 1.82) is 0 Å². The second-order valence-electron chi connectivity index (χ2n) is 10.2. The van der Waals surface area contributed by atoms with Gasteiger partial charge in [0.1, 0.15) is 29.1 Å². The van der Waals surface area contributed by atoms with E-state index < -0.39 is 11.6 Å². The highest BCUT2D eigenvalue weighted by atomic mass is 19.1. The second kappa shape index (κ2) is 11.0. The standard InChI is InChI=1S/C33H27F2N3O3/c1-19-31(37-28-15-26(17-36-18-28)29-16-27(34)13-14-30(29)35)32(41-38-19)24-9-7-23(8-10-24)22-5-3-21(4-6-22)20(2)40-33(39)25-11-12-25/h3-10,13-18,20,25,37H,11-12H2,1-2H3. The molecule has 2 heterocycles. The first-order chi connectivity index (χ1) is 19.9. The lowest BCUT2D eigenvalue weighted by Gasteiger charge is -2.14. The molecule has 41 heavy (non-hydrogen) atoms. The summed E-state index contributed by atoms with van der Waals surface area (Å²) in [5.74, 6) is -0.560. The number of hydrogen-bond acceptors (Lipinski definition) is 6.